The molecule has 4 N–H and O–H groups in total. The number of amides is 2. The standard InChI is InChI=1S/C14H18F3N3O/c15-14(16,17)11-6-1-2-7-12(11)19-9-4-3-5-10(8-9)20-13(18)21/h3-5,8,11-12,19H,1-2,6-7H2,(H3,18,20,21). The van der Waals surface area contributed by atoms with Gasteiger partial charge in [-0.3, -0.25) is 0 Å². The van der Waals surface area contributed by atoms with E-state index in [2.05, 4.69) is 10.6 Å². The number of hydrogen-bond donors (Lipinski definition) is 3. The molecule has 1 saturated carbocycles. The van der Waals surface area contributed by atoms with Gasteiger partial charge in [-0.05, 0) is 31.0 Å². The van der Waals surface area contributed by atoms with Crippen LogP contribution in [0.4, 0.5) is 29.3 Å². The molecule has 0 radical (unpaired) electrons. The molecule has 7 heteroatoms. The van der Waals surface area contributed by atoms with Gasteiger partial charge in [0.25, 0.3) is 0 Å². The van der Waals surface area contributed by atoms with Crippen LogP contribution in [0, 0.1) is 5.92 Å². The summed E-state index contributed by atoms with van der Waals surface area (Å²) in [6.07, 6.45) is -2.17. The lowest BCUT2D eigenvalue weighted by atomic mass is 9.84. The Morgan fingerprint density at radius 2 is 1.86 bits per heavy atom. The summed E-state index contributed by atoms with van der Waals surface area (Å²) in [5.74, 6) is -1.33. The molecule has 0 saturated heterocycles. The molecule has 0 spiro atoms. The SMILES string of the molecule is NC(=O)Nc1cccc(NC2CCCCC2C(F)(F)F)c1. The van der Waals surface area contributed by atoms with E-state index in [9.17, 15) is 18.0 Å². The third kappa shape index (κ3) is 4.27. The van der Waals surface area contributed by atoms with Gasteiger partial charge in [0.05, 0.1) is 5.92 Å². The highest BCUT2D eigenvalue weighted by molar-refractivity contribution is 5.88. The molecule has 21 heavy (non-hydrogen) atoms. The molecule has 0 bridgehead atoms. The van der Waals surface area contributed by atoms with Crippen molar-refractivity contribution in [2.75, 3.05) is 10.6 Å². The summed E-state index contributed by atoms with van der Waals surface area (Å²) in [5, 5.41) is 5.34. The van der Waals surface area contributed by atoms with Gasteiger partial charge < -0.3 is 16.4 Å². The topological polar surface area (TPSA) is 67.2 Å². The van der Waals surface area contributed by atoms with Crippen molar-refractivity contribution in [1.29, 1.82) is 0 Å². The Hall–Kier alpha value is -1.92. The van der Waals surface area contributed by atoms with Crippen LogP contribution in [-0.4, -0.2) is 18.2 Å². The number of carbonyl (C=O) groups excluding carboxylic acids is 1. The zero-order chi connectivity index (χ0) is 15.5. The predicted octanol–water partition coefficient (Wildman–Crippen LogP) is 3.71. The summed E-state index contributed by atoms with van der Waals surface area (Å²) in [4.78, 5) is 10.8. The zero-order valence-electron chi connectivity index (χ0n) is 11.4. The molecule has 0 aromatic heterocycles. The zero-order valence-corrected chi connectivity index (χ0v) is 11.4. The minimum atomic E-state index is -4.19. The predicted molar refractivity (Wildman–Crippen MR) is 75.1 cm³/mol. The van der Waals surface area contributed by atoms with Crippen molar-refractivity contribution in [3.63, 3.8) is 0 Å². The molecule has 2 amide bonds. The maximum Gasteiger partial charge on any atom is 0.393 e. The Morgan fingerprint density at radius 3 is 2.52 bits per heavy atom. The molecular weight excluding hydrogens is 283 g/mol. The van der Waals surface area contributed by atoms with Crippen LogP contribution in [0.15, 0.2) is 24.3 Å². The van der Waals surface area contributed by atoms with E-state index in [0.717, 1.165) is 6.42 Å². The highest BCUT2D eigenvalue weighted by Crippen LogP contribution is 2.39. The number of alkyl halides is 3. The molecule has 1 aromatic rings. The number of hydrogen-bond acceptors (Lipinski definition) is 2. The monoisotopic (exact) mass is 301 g/mol. The highest BCUT2D eigenvalue weighted by atomic mass is 19.4. The summed E-state index contributed by atoms with van der Waals surface area (Å²) < 4.78 is 39.1. The van der Waals surface area contributed by atoms with Crippen molar-refractivity contribution in [2.45, 2.75) is 37.9 Å². The number of urea groups is 1. The Balaban J connectivity index is 2.10. The average molecular weight is 301 g/mol. The molecule has 0 aliphatic heterocycles. The van der Waals surface area contributed by atoms with Crippen LogP contribution < -0.4 is 16.4 Å². The van der Waals surface area contributed by atoms with Gasteiger partial charge in [-0.25, -0.2) is 4.79 Å². The van der Waals surface area contributed by atoms with Gasteiger partial charge in [0, 0.05) is 17.4 Å². The Bertz CT molecular complexity index is 504. The summed E-state index contributed by atoms with van der Waals surface area (Å²) in [7, 11) is 0. The smallest absolute Gasteiger partial charge is 0.382 e. The Labute approximate surface area is 120 Å². The van der Waals surface area contributed by atoms with Crippen molar-refractivity contribution in [2.24, 2.45) is 11.7 Å². The summed E-state index contributed by atoms with van der Waals surface area (Å²) >= 11 is 0. The van der Waals surface area contributed by atoms with Crippen LogP contribution in [-0.2, 0) is 0 Å². The molecular formula is C14H18F3N3O. The van der Waals surface area contributed by atoms with Crippen molar-refractivity contribution < 1.29 is 18.0 Å². The summed E-state index contributed by atoms with van der Waals surface area (Å²) in [5.41, 5.74) is 6.01. The first-order chi connectivity index (χ1) is 9.86. The first-order valence-corrected chi connectivity index (χ1v) is 6.86. The van der Waals surface area contributed by atoms with Gasteiger partial charge in [0.2, 0.25) is 0 Å². The van der Waals surface area contributed by atoms with Gasteiger partial charge in [-0.2, -0.15) is 13.2 Å². The average Bonchev–Trinajstić information content (AvgIpc) is 2.37. The van der Waals surface area contributed by atoms with Crippen LogP contribution in [0.5, 0.6) is 0 Å². The van der Waals surface area contributed by atoms with Crippen molar-refractivity contribution >= 4 is 17.4 Å². The lowest BCUT2D eigenvalue weighted by Crippen LogP contribution is -2.41. The molecule has 2 rings (SSSR count). The number of anilines is 2. The van der Waals surface area contributed by atoms with Crippen molar-refractivity contribution in [3.8, 4) is 0 Å². The second kappa shape index (κ2) is 6.24. The fourth-order valence-corrected chi connectivity index (χ4v) is 2.74. The van der Waals surface area contributed by atoms with Crippen molar-refractivity contribution in [3.05, 3.63) is 24.3 Å². The van der Waals surface area contributed by atoms with Gasteiger partial charge in [0.1, 0.15) is 0 Å². The maximum atomic E-state index is 13.0. The number of halogens is 3. The Kier molecular flexibility index (Phi) is 4.59. The van der Waals surface area contributed by atoms with E-state index >= 15 is 0 Å². The molecule has 2 unspecified atom stereocenters. The van der Waals surface area contributed by atoms with E-state index in [1.54, 1.807) is 24.3 Å². The number of benzene rings is 1. The third-order valence-corrected chi connectivity index (χ3v) is 3.67. The minimum absolute atomic E-state index is 0.153. The van der Waals surface area contributed by atoms with E-state index < -0.39 is 24.2 Å². The maximum absolute atomic E-state index is 13.0. The van der Waals surface area contributed by atoms with Gasteiger partial charge in [-0.15, -0.1) is 0 Å². The second-order valence-electron chi connectivity index (χ2n) is 5.25. The van der Waals surface area contributed by atoms with E-state index in [4.69, 9.17) is 5.73 Å². The van der Waals surface area contributed by atoms with Crippen LogP contribution in [0.2, 0.25) is 0 Å². The number of nitrogens with one attached hydrogen (secondary N) is 2. The van der Waals surface area contributed by atoms with Crippen molar-refractivity contribution in [1.82, 2.24) is 0 Å². The van der Waals surface area contributed by atoms with Crippen LogP contribution in [0.25, 0.3) is 0 Å². The van der Waals surface area contributed by atoms with Crippen LogP contribution >= 0.6 is 0 Å². The van der Waals surface area contributed by atoms with Crippen LogP contribution in [0.3, 0.4) is 0 Å². The third-order valence-electron chi connectivity index (χ3n) is 3.67. The molecule has 2 atom stereocenters. The van der Waals surface area contributed by atoms with E-state index in [-0.39, 0.29) is 6.42 Å². The number of nitrogens with two attached hydrogens (primary N) is 1. The minimum Gasteiger partial charge on any atom is -0.382 e. The largest absolute Gasteiger partial charge is 0.393 e. The molecule has 0 heterocycles. The molecule has 1 aromatic carbocycles. The Morgan fingerprint density at radius 1 is 1.19 bits per heavy atom. The van der Waals surface area contributed by atoms with Gasteiger partial charge in [-0.1, -0.05) is 18.9 Å². The fraction of sp³-hybridized carbons (Fsp3) is 0.500. The van der Waals surface area contributed by atoms with Crippen LogP contribution in [0.1, 0.15) is 25.7 Å². The number of carbonyl (C=O) groups is 1. The number of rotatable bonds is 3. The first-order valence-electron chi connectivity index (χ1n) is 6.86. The second-order valence-corrected chi connectivity index (χ2v) is 5.25. The fourth-order valence-electron chi connectivity index (χ4n) is 2.74. The lowest BCUT2D eigenvalue weighted by molar-refractivity contribution is -0.184. The van der Waals surface area contributed by atoms with Gasteiger partial charge in [0.15, 0.2) is 0 Å². The first kappa shape index (κ1) is 15.5. The van der Waals surface area contributed by atoms with E-state index in [1.807, 2.05) is 0 Å². The summed E-state index contributed by atoms with van der Waals surface area (Å²) in [6, 6.07) is 5.18. The lowest BCUT2D eigenvalue weighted by Gasteiger charge is -2.34. The molecule has 1 aliphatic carbocycles. The van der Waals surface area contributed by atoms with Gasteiger partial charge >= 0.3 is 12.2 Å². The number of primary amides is 1. The molecule has 4 nitrogen and oxygen atoms in total. The molecule has 116 valence electrons. The summed E-state index contributed by atoms with van der Waals surface area (Å²) in [6.45, 7) is 0. The quantitative estimate of drug-likeness (QED) is 0.796. The normalized spacial score (nSPS) is 22.6. The van der Waals surface area contributed by atoms with E-state index in [1.165, 1.54) is 0 Å². The molecule has 1 fully saturated rings. The highest BCUT2D eigenvalue weighted by Gasteiger charge is 2.45. The van der Waals surface area contributed by atoms with E-state index in [0.29, 0.717) is 24.2 Å². The molecule has 1 aliphatic rings.